The molecule has 29 heavy (non-hydrogen) atoms. The van der Waals surface area contributed by atoms with Crippen LogP contribution in [0.15, 0.2) is 18.2 Å². The van der Waals surface area contributed by atoms with Crippen molar-refractivity contribution in [1.82, 2.24) is 9.88 Å². The number of esters is 1. The molecule has 4 rings (SSSR count). The van der Waals surface area contributed by atoms with E-state index in [2.05, 4.69) is 0 Å². The third-order valence-electron chi connectivity index (χ3n) is 5.87. The van der Waals surface area contributed by atoms with Crippen molar-refractivity contribution in [2.75, 3.05) is 20.8 Å². The molecule has 1 aliphatic heterocycles. The highest BCUT2D eigenvalue weighted by Crippen LogP contribution is 2.39. The molecule has 0 fully saturated rings. The molecule has 1 aliphatic carbocycles. The molecule has 0 radical (unpaired) electrons. The number of amides is 1. The quantitative estimate of drug-likeness (QED) is 0.803. The Kier molecular flexibility index (Phi) is 4.90. The summed E-state index contributed by atoms with van der Waals surface area (Å²) in [5, 5.41) is 10.3. The molecule has 1 aromatic carbocycles. The Labute approximate surface area is 169 Å². The molecular weight excluding hydrogens is 372 g/mol. The zero-order valence-electron chi connectivity index (χ0n) is 16.8. The van der Waals surface area contributed by atoms with Gasteiger partial charge in [-0.25, -0.2) is 4.79 Å². The molecule has 7 nitrogen and oxygen atoms in total. The van der Waals surface area contributed by atoms with Gasteiger partial charge in [0.25, 0.3) is 5.91 Å². The standard InChI is InChI=1S/C22H24N2O5/c1-12-20(28-2)11-16-17(23-12)5-4-6-18(16)24-8-7-14-15(21(24)26)9-13(10-19(14)25)22(27)29-3/h9-11,18,25H,4-8H2,1-3H3. The summed E-state index contributed by atoms with van der Waals surface area (Å²) in [6, 6.07) is 4.77. The normalized spacial score (nSPS) is 18.1. The van der Waals surface area contributed by atoms with Crippen LogP contribution in [-0.2, 0) is 17.6 Å². The van der Waals surface area contributed by atoms with Crippen LogP contribution in [0.4, 0.5) is 0 Å². The minimum absolute atomic E-state index is 0.0427. The summed E-state index contributed by atoms with van der Waals surface area (Å²) in [5.74, 6) is -0.102. The van der Waals surface area contributed by atoms with Gasteiger partial charge in [0, 0.05) is 23.4 Å². The summed E-state index contributed by atoms with van der Waals surface area (Å²) in [5.41, 5.74) is 3.97. The third kappa shape index (κ3) is 3.20. The van der Waals surface area contributed by atoms with Crippen LogP contribution >= 0.6 is 0 Å². The largest absolute Gasteiger partial charge is 0.508 e. The first-order valence-electron chi connectivity index (χ1n) is 9.74. The smallest absolute Gasteiger partial charge is 0.338 e. The van der Waals surface area contributed by atoms with E-state index >= 15 is 0 Å². The Morgan fingerprint density at radius 3 is 2.76 bits per heavy atom. The fraction of sp³-hybridized carbons (Fsp3) is 0.409. The van der Waals surface area contributed by atoms with E-state index in [1.807, 2.05) is 17.9 Å². The van der Waals surface area contributed by atoms with Gasteiger partial charge in [-0.1, -0.05) is 0 Å². The Bertz CT molecular complexity index is 1000. The van der Waals surface area contributed by atoms with E-state index < -0.39 is 5.97 Å². The van der Waals surface area contributed by atoms with Crippen LogP contribution in [0.3, 0.4) is 0 Å². The van der Waals surface area contributed by atoms with Gasteiger partial charge in [-0.3, -0.25) is 9.78 Å². The number of fused-ring (bicyclic) bond motifs is 2. The zero-order chi connectivity index (χ0) is 20.7. The van der Waals surface area contributed by atoms with Crippen molar-refractivity contribution < 1.29 is 24.2 Å². The van der Waals surface area contributed by atoms with Gasteiger partial charge in [-0.05, 0) is 56.4 Å². The summed E-state index contributed by atoms with van der Waals surface area (Å²) in [6.45, 7) is 2.42. The molecule has 2 aliphatic rings. The number of aromatic hydroxyl groups is 1. The summed E-state index contributed by atoms with van der Waals surface area (Å²) < 4.78 is 10.2. The number of nitrogens with zero attached hydrogens (tertiary/aromatic N) is 2. The number of benzene rings is 1. The maximum atomic E-state index is 13.4. The zero-order valence-corrected chi connectivity index (χ0v) is 16.8. The predicted octanol–water partition coefficient (Wildman–Crippen LogP) is 2.97. The number of methoxy groups -OCH3 is 2. The van der Waals surface area contributed by atoms with E-state index in [9.17, 15) is 14.7 Å². The highest BCUT2D eigenvalue weighted by molar-refractivity contribution is 6.01. The van der Waals surface area contributed by atoms with Gasteiger partial charge in [0.2, 0.25) is 0 Å². The predicted molar refractivity (Wildman–Crippen MR) is 105 cm³/mol. The van der Waals surface area contributed by atoms with Gasteiger partial charge < -0.3 is 19.5 Å². The molecule has 0 spiro atoms. The number of aryl methyl sites for hydroxylation is 2. The fourth-order valence-electron chi connectivity index (χ4n) is 4.42. The number of phenolic OH excluding ortho intramolecular Hbond substituents is 1. The monoisotopic (exact) mass is 396 g/mol. The molecule has 0 saturated carbocycles. The molecule has 7 heteroatoms. The first-order valence-corrected chi connectivity index (χ1v) is 9.74. The number of pyridine rings is 1. The maximum absolute atomic E-state index is 13.4. The van der Waals surface area contributed by atoms with Crippen LogP contribution < -0.4 is 4.74 Å². The van der Waals surface area contributed by atoms with Crippen molar-refractivity contribution in [3.05, 3.63) is 51.8 Å². The number of carbonyl (C=O) groups excluding carboxylic acids is 2. The van der Waals surface area contributed by atoms with E-state index in [-0.39, 0.29) is 23.3 Å². The number of phenols is 1. The lowest BCUT2D eigenvalue weighted by Gasteiger charge is -2.38. The Morgan fingerprint density at radius 1 is 1.24 bits per heavy atom. The minimum atomic E-state index is -0.583. The maximum Gasteiger partial charge on any atom is 0.338 e. The first kappa shape index (κ1) is 19.2. The summed E-state index contributed by atoms with van der Waals surface area (Å²) >= 11 is 0. The molecule has 0 saturated heterocycles. The van der Waals surface area contributed by atoms with E-state index in [0.29, 0.717) is 29.8 Å². The molecule has 1 amide bonds. The van der Waals surface area contributed by atoms with Crippen molar-refractivity contribution in [3.63, 3.8) is 0 Å². The lowest BCUT2D eigenvalue weighted by atomic mass is 9.87. The molecule has 2 heterocycles. The van der Waals surface area contributed by atoms with E-state index in [1.54, 1.807) is 7.11 Å². The number of rotatable bonds is 3. The van der Waals surface area contributed by atoms with E-state index in [4.69, 9.17) is 14.5 Å². The average Bonchev–Trinajstić information content (AvgIpc) is 2.72. The lowest BCUT2D eigenvalue weighted by molar-refractivity contribution is 0.0599. The number of hydrogen-bond acceptors (Lipinski definition) is 6. The van der Waals surface area contributed by atoms with Crippen molar-refractivity contribution in [2.45, 2.75) is 38.6 Å². The van der Waals surface area contributed by atoms with Gasteiger partial charge in [0.05, 0.1) is 31.5 Å². The van der Waals surface area contributed by atoms with Crippen molar-refractivity contribution in [2.24, 2.45) is 0 Å². The number of hydrogen-bond donors (Lipinski definition) is 1. The first-order chi connectivity index (χ1) is 13.9. The summed E-state index contributed by atoms with van der Waals surface area (Å²) in [7, 11) is 2.89. The number of ether oxygens (including phenoxy) is 2. The summed E-state index contributed by atoms with van der Waals surface area (Å²) in [4.78, 5) is 31.8. The molecule has 2 aromatic rings. The Hall–Kier alpha value is -3.09. The van der Waals surface area contributed by atoms with Gasteiger partial charge in [0.1, 0.15) is 11.5 Å². The van der Waals surface area contributed by atoms with Gasteiger partial charge in [-0.2, -0.15) is 0 Å². The highest BCUT2D eigenvalue weighted by atomic mass is 16.5. The molecule has 152 valence electrons. The van der Waals surface area contributed by atoms with E-state index in [1.165, 1.54) is 19.2 Å². The molecule has 1 atom stereocenters. The van der Waals surface area contributed by atoms with Crippen molar-refractivity contribution in [1.29, 1.82) is 0 Å². The van der Waals surface area contributed by atoms with Gasteiger partial charge >= 0.3 is 5.97 Å². The lowest BCUT2D eigenvalue weighted by Crippen LogP contribution is -2.41. The van der Waals surface area contributed by atoms with Crippen molar-refractivity contribution in [3.8, 4) is 11.5 Å². The minimum Gasteiger partial charge on any atom is -0.508 e. The van der Waals surface area contributed by atoms with Crippen LogP contribution in [0, 0.1) is 6.92 Å². The van der Waals surface area contributed by atoms with Crippen LogP contribution in [0.25, 0.3) is 0 Å². The topological polar surface area (TPSA) is 89.0 Å². The second-order valence-corrected chi connectivity index (χ2v) is 7.48. The highest BCUT2D eigenvalue weighted by Gasteiger charge is 2.36. The van der Waals surface area contributed by atoms with Gasteiger partial charge in [0.15, 0.2) is 0 Å². The molecule has 1 aromatic heterocycles. The Morgan fingerprint density at radius 2 is 2.03 bits per heavy atom. The molecule has 1 unspecified atom stereocenters. The van der Waals surface area contributed by atoms with Crippen LogP contribution in [0.1, 0.15) is 62.1 Å². The van der Waals surface area contributed by atoms with Crippen LogP contribution in [0.2, 0.25) is 0 Å². The fourth-order valence-corrected chi connectivity index (χ4v) is 4.42. The third-order valence-corrected chi connectivity index (χ3v) is 5.87. The number of carbonyl (C=O) groups is 2. The SMILES string of the molecule is COC(=O)c1cc(O)c2c(c1)C(=O)N(C1CCCc3nc(C)c(OC)cc31)CC2. The average molecular weight is 396 g/mol. The number of aromatic nitrogens is 1. The van der Waals surface area contributed by atoms with E-state index in [0.717, 1.165) is 36.2 Å². The van der Waals surface area contributed by atoms with Crippen LogP contribution in [-0.4, -0.2) is 47.6 Å². The Balaban J connectivity index is 1.74. The van der Waals surface area contributed by atoms with Crippen LogP contribution in [0.5, 0.6) is 11.5 Å². The molecule has 1 N–H and O–H groups in total. The molecule has 0 bridgehead atoms. The second kappa shape index (κ2) is 7.39. The van der Waals surface area contributed by atoms with Gasteiger partial charge in [-0.15, -0.1) is 0 Å². The second-order valence-electron chi connectivity index (χ2n) is 7.48. The van der Waals surface area contributed by atoms with Crippen molar-refractivity contribution >= 4 is 11.9 Å². The molecular formula is C22H24N2O5. The summed E-state index contributed by atoms with van der Waals surface area (Å²) in [6.07, 6.45) is 3.18.